The SMILES string of the molecule is OCc1cc(S(F)(F)(F)(F)F)ccc1Cl. The number of hydrogen-bond donors (Lipinski definition) is 1. The van der Waals surface area contributed by atoms with Crippen molar-refractivity contribution in [1.82, 2.24) is 0 Å². The van der Waals surface area contributed by atoms with Gasteiger partial charge in [-0.25, -0.2) is 0 Å². The highest BCUT2D eigenvalue weighted by Gasteiger charge is 2.65. The molecule has 0 radical (unpaired) electrons. The first-order valence-electron chi connectivity index (χ1n) is 3.57. The summed E-state index contributed by atoms with van der Waals surface area (Å²) in [6, 6.07) is 1.03. The van der Waals surface area contributed by atoms with Crippen LogP contribution in [0.1, 0.15) is 5.56 Å². The molecule has 0 bridgehead atoms. The van der Waals surface area contributed by atoms with E-state index in [1.165, 1.54) is 0 Å². The smallest absolute Gasteiger partial charge is 0.310 e. The number of rotatable bonds is 2. The van der Waals surface area contributed by atoms with Crippen LogP contribution < -0.4 is 0 Å². The highest BCUT2D eigenvalue weighted by atomic mass is 35.5. The lowest BCUT2D eigenvalue weighted by atomic mass is 10.2. The molecular weight excluding hydrogens is 263 g/mol. The maximum absolute atomic E-state index is 12.3. The quantitative estimate of drug-likeness (QED) is 0.784. The van der Waals surface area contributed by atoms with Gasteiger partial charge >= 0.3 is 10.2 Å². The van der Waals surface area contributed by atoms with E-state index in [0.29, 0.717) is 6.07 Å². The Kier molecular flexibility index (Phi) is 2.32. The molecule has 0 atom stereocenters. The van der Waals surface area contributed by atoms with Crippen LogP contribution in [0.2, 0.25) is 5.02 Å². The van der Waals surface area contributed by atoms with Gasteiger partial charge in [0.2, 0.25) is 0 Å². The van der Waals surface area contributed by atoms with Gasteiger partial charge in [0.15, 0.2) is 0 Å². The molecule has 15 heavy (non-hydrogen) atoms. The highest BCUT2D eigenvalue weighted by Crippen LogP contribution is 3.02. The zero-order valence-electron chi connectivity index (χ0n) is 7.06. The summed E-state index contributed by atoms with van der Waals surface area (Å²) in [6.07, 6.45) is 0. The fraction of sp³-hybridized carbons (Fsp3) is 0.143. The van der Waals surface area contributed by atoms with Gasteiger partial charge < -0.3 is 5.11 Å². The third-order valence-corrected chi connectivity index (χ3v) is 3.15. The van der Waals surface area contributed by atoms with Crippen LogP contribution in [0.15, 0.2) is 23.1 Å². The molecule has 88 valence electrons. The molecule has 0 spiro atoms. The van der Waals surface area contributed by atoms with Gasteiger partial charge in [-0.1, -0.05) is 31.0 Å². The first-order valence-corrected chi connectivity index (χ1v) is 5.90. The van der Waals surface area contributed by atoms with E-state index in [2.05, 4.69) is 0 Å². The molecule has 1 N–H and O–H groups in total. The fourth-order valence-corrected chi connectivity index (χ4v) is 1.78. The Morgan fingerprint density at radius 3 is 2.07 bits per heavy atom. The average molecular weight is 269 g/mol. The lowest BCUT2D eigenvalue weighted by molar-refractivity contribution is 0.281. The number of benzene rings is 1. The molecule has 0 fully saturated rings. The van der Waals surface area contributed by atoms with Crippen LogP contribution in [0, 0.1) is 0 Å². The van der Waals surface area contributed by atoms with E-state index < -0.39 is 21.7 Å². The number of halogens is 6. The van der Waals surface area contributed by atoms with Crippen LogP contribution in [-0.2, 0) is 6.61 Å². The van der Waals surface area contributed by atoms with Crippen molar-refractivity contribution in [3.63, 3.8) is 0 Å². The molecule has 0 saturated heterocycles. The maximum Gasteiger partial charge on any atom is 0.310 e. The molecule has 0 aliphatic carbocycles. The van der Waals surface area contributed by atoms with Crippen LogP contribution in [0.4, 0.5) is 19.4 Å². The van der Waals surface area contributed by atoms with Crippen molar-refractivity contribution in [3.05, 3.63) is 28.8 Å². The van der Waals surface area contributed by atoms with Crippen LogP contribution >= 0.6 is 21.8 Å². The molecule has 0 amide bonds. The maximum atomic E-state index is 12.3. The van der Waals surface area contributed by atoms with Gasteiger partial charge in [0.25, 0.3) is 0 Å². The lowest BCUT2D eigenvalue weighted by Crippen LogP contribution is -2.06. The van der Waals surface area contributed by atoms with Crippen LogP contribution in [0.25, 0.3) is 0 Å². The third kappa shape index (κ3) is 2.96. The second kappa shape index (κ2) is 2.78. The number of hydrogen-bond acceptors (Lipinski definition) is 1. The molecule has 1 aromatic carbocycles. The normalized spacial score (nSPS) is 17.0. The van der Waals surface area contributed by atoms with E-state index in [1.54, 1.807) is 0 Å². The van der Waals surface area contributed by atoms with Crippen LogP contribution in [0.3, 0.4) is 0 Å². The van der Waals surface area contributed by atoms with E-state index in [4.69, 9.17) is 16.7 Å². The minimum absolute atomic E-state index is 0.157. The van der Waals surface area contributed by atoms with Gasteiger partial charge in [0.05, 0.1) is 6.61 Å². The Hall–Kier alpha value is -0.530. The Bertz CT molecular complexity index is 401. The number of aliphatic hydroxyl groups excluding tert-OH is 1. The fourth-order valence-electron chi connectivity index (χ4n) is 0.912. The van der Waals surface area contributed by atoms with Crippen molar-refractivity contribution >= 4 is 21.8 Å². The first-order chi connectivity index (χ1) is 6.44. The Balaban J connectivity index is 3.44. The zero-order valence-corrected chi connectivity index (χ0v) is 8.63. The molecule has 8 heteroatoms. The largest absolute Gasteiger partial charge is 0.392 e. The van der Waals surface area contributed by atoms with Crippen molar-refractivity contribution in [2.24, 2.45) is 0 Å². The van der Waals surface area contributed by atoms with Gasteiger partial charge in [-0.05, 0) is 23.8 Å². The summed E-state index contributed by atoms with van der Waals surface area (Å²) in [5, 5.41) is 8.40. The van der Waals surface area contributed by atoms with Gasteiger partial charge in [0.1, 0.15) is 4.90 Å². The topological polar surface area (TPSA) is 20.2 Å². The molecule has 0 aliphatic heterocycles. The summed E-state index contributed by atoms with van der Waals surface area (Å²) in [4.78, 5) is -2.05. The van der Waals surface area contributed by atoms with Crippen LogP contribution in [-0.4, -0.2) is 5.11 Å². The van der Waals surface area contributed by atoms with Gasteiger partial charge in [0, 0.05) is 5.02 Å². The highest BCUT2D eigenvalue weighted by molar-refractivity contribution is 8.45. The summed E-state index contributed by atoms with van der Waals surface area (Å²) in [5.41, 5.74) is -0.387. The second-order valence-corrected chi connectivity index (χ2v) is 5.70. The summed E-state index contributed by atoms with van der Waals surface area (Å²) in [7, 11) is -9.68. The summed E-state index contributed by atoms with van der Waals surface area (Å²) in [6.45, 7) is -0.833. The van der Waals surface area contributed by atoms with E-state index in [1.807, 2.05) is 0 Å². The van der Waals surface area contributed by atoms with E-state index in [9.17, 15) is 19.4 Å². The Labute approximate surface area is 87.2 Å². The molecular formula is C7H6ClF5OS. The summed E-state index contributed by atoms with van der Waals surface area (Å²) < 4.78 is 61.4. The Morgan fingerprint density at radius 1 is 1.13 bits per heavy atom. The van der Waals surface area contributed by atoms with Crippen molar-refractivity contribution < 1.29 is 24.5 Å². The van der Waals surface area contributed by atoms with E-state index in [-0.39, 0.29) is 22.7 Å². The van der Waals surface area contributed by atoms with E-state index >= 15 is 0 Å². The number of aliphatic hydroxyl groups is 1. The molecule has 0 saturated carbocycles. The van der Waals surface area contributed by atoms with Gasteiger partial charge in [-0.3, -0.25) is 0 Å². The monoisotopic (exact) mass is 268 g/mol. The van der Waals surface area contributed by atoms with E-state index in [0.717, 1.165) is 0 Å². The molecule has 0 unspecified atom stereocenters. The standard InChI is InChI=1S/C7H6ClF5OS/c8-7-2-1-6(3-5(7)4-14)15(9,10,11,12)13/h1-3,14H,4H2. The zero-order chi connectivity index (χ0) is 12.0. The predicted octanol–water partition coefficient (Wildman–Crippen LogP) is 4.49. The second-order valence-electron chi connectivity index (χ2n) is 2.88. The van der Waals surface area contributed by atoms with Crippen molar-refractivity contribution in [2.75, 3.05) is 0 Å². The van der Waals surface area contributed by atoms with Crippen molar-refractivity contribution in [3.8, 4) is 0 Å². The third-order valence-electron chi connectivity index (χ3n) is 1.63. The van der Waals surface area contributed by atoms with Crippen molar-refractivity contribution in [2.45, 2.75) is 11.5 Å². The van der Waals surface area contributed by atoms with Crippen LogP contribution in [0.5, 0.6) is 0 Å². The lowest BCUT2D eigenvalue weighted by Gasteiger charge is -2.40. The molecule has 1 rings (SSSR count). The molecule has 1 nitrogen and oxygen atoms in total. The first kappa shape index (κ1) is 12.5. The summed E-state index contributed by atoms with van der Waals surface area (Å²) in [5.74, 6) is 0. The minimum Gasteiger partial charge on any atom is -0.392 e. The average Bonchev–Trinajstić information content (AvgIpc) is 2.00. The van der Waals surface area contributed by atoms with Crippen molar-refractivity contribution in [1.29, 1.82) is 0 Å². The van der Waals surface area contributed by atoms with Gasteiger partial charge in [-0.2, -0.15) is 0 Å². The minimum atomic E-state index is -9.68. The molecule has 0 heterocycles. The molecule has 1 aromatic rings. The predicted molar refractivity (Wildman–Crippen MR) is 48.8 cm³/mol. The Morgan fingerprint density at radius 2 is 1.67 bits per heavy atom. The molecule has 0 aliphatic rings. The molecule has 0 aromatic heterocycles. The summed E-state index contributed by atoms with van der Waals surface area (Å²) >= 11 is 5.38. The van der Waals surface area contributed by atoms with Gasteiger partial charge in [-0.15, -0.1) is 0 Å².